The van der Waals surface area contributed by atoms with Gasteiger partial charge in [-0.05, 0) is 12.8 Å². The molecule has 1 rings (SSSR count). The van der Waals surface area contributed by atoms with E-state index in [4.69, 9.17) is 0 Å². The van der Waals surface area contributed by atoms with Crippen molar-refractivity contribution >= 4 is 0 Å². The van der Waals surface area contributed by atoms with Gasteiger partial charge in [-0.1, -0.05) is 70.6 Å². The summed E-state index contributed by atoms with van der Waals surface area (Å²) in [6.07, 6.45) is 10.8. The summed E-state index contributed by atoms with van der Waals surface area (Å²) in [7, 11) is 0. The van der Waals surface area contributed by atoms with E-state index in [1.807, 2.05) is 0 Å². The molecule has 0 aromatic rings. The van der Waals surface area contributed by atoms with Crippen LogP contribution in [0.4, 0.5) is 0 Å². The lowest BCUT2D eigenvalue weighted by Crippen LogP contribution is -2.61. The third-order valence-corrected chi connectivity index (χ3v) is 4.81. The quantitative estimate of drug-likeness (QED) is 0.441. The molecule has 1 aliphatic carbocycles. The van der Waals surface area contributed by atoms with Gasteiger partial charge in [-0.3, -0.25) is 0 Å². The summed E-state index contributed by atoms with van der Waals surface area (Å²) >= 11 is 0. The number of aliphatic hydroxyl groups excluding tert-OH is 1. The molecular weight excluding hydrogens is 284 g/mol. The fraction of sp³-hybridized carbons (Fsp3) is 1.00. The Balaban J connectivity index is 2.54. The second-order valence-electron chi connectivity index (χ2n) is 6.84. The largest absolute Gasteiger partial charge is 0.387 e. The molecule has 0 aromatic heterocycles. The Hall–Kier alpha value is -0.200. The Kier molecular flexibility index (Phi) is 8.87. The standard InChI is InChI=1S/C17H34O5/c18-15-13-11-9-7-5-3-1-2-4-6-8-10-12-14-16(19,20)17(15,21)22/h15,18-22H,1-14H2. The molecule has 1 atom stereocenters. The molecular formula is C17H34O5. The highest BCUT2D eigenvalue weighted by atomic mass is 16.6. The lowest BCUT2D eigenvalue weighted by atomic mass is 9.91. The summed E-state index contributed by atoms with van der Waals surface area (Å²) in [6, 6.07) is 0. The Morgan fingerprint density at radius 1 is 0.545 bits per heavy atom. The van der Waals surface area contributed by atoms with Gasteiger partial charge in [0.25, 0.3) is 0 Å². The van der Waals surface area contributed by atoms with Crippen LogP contribution in [0, 0.1) is 0 Å². The molecule has 0 aliphatic heterocycles. The van der Waals surface area contributed by atoms with Crippen LogP contribution in [0.15, 0.2) is 0 Å². The molecule has 0 spiro atoms. The van der Waals surface area contributed by atoms with Crippen LogP contribution in [-0.4, -0.2) is 43.2 Å². The molecule has 1 fully saturated rings. The van der Waals surface area contributed by atoms with Gasteiger partial charge in [0.2, 0.25) is 11.6 Å². The van der Waals surface area contributed by atoms with Crippen molar-refractivity contribution in [2.24, 2.45) is 0 Å². The molecule has 0 saturated heterocycles. The van der Waals surface area contributed by atoms with E-state index >= 15 is 0 Å². The first-order chi connectivity index (χ1) is 10.4. The van der Waals surface area contributed by atoms with Gasteiger partial charge in [-0.2, -0.15) is 0 Å². The highest BCUT2D eigenvalue weighted by Gasteiger charge is 2.51. The zero-order valence-electron chi connectivity index (χ0n) is 13.7. The zero-order valence-corrected chi connectivity index (χ0v) is 13.7. The Morgan fingerprint density at radius 2 is 0.909 bits per heavy atom. The predicted molar refractivity (Wildman–Crippen MR) is 85.0 cm³/mol. The topological polar surface area (TPSA) is 101 Å². The molecule has 1 aliphatic rings. The lowest BCUT2D eigenvalue weighted by Gasteiger charge is -2.38. The van der Waals surface area contributed by atoms with Gasteiger partial charge < -0.3 is 25.5 Å². The first-order valence-electron chi connectivity index (χ1n) is 8.95. The maximum Gasteiger partial charge on any atom is 0.245 e. The highest BCUT2D eigenvalue weighted by Crippen LogP contribution is 2.29. The maximum atomic E-state index is 9.93. The van der Waals surface area contributed by atoms with E-state index in [1.54, 1.807) is 0 Å². The van der Waals surface area contributed by atoms with Gasteiger partial charge in [0, 0.05) is 6.42 Å². The maximum absolute atomic E-state index is 9.93. The summed E-state index contributed by atoms with van der Waals surface area (Å²) in [6.45, 7) is 0. The summed E-state index contributed by atoms with van der Waals surface area (Å²) in [5.74, 6) is -5.54. The van der Waals surface area contributed by atoms with E-state index in [9.17, 15) is 25.5 Å². The molecule has 22 heavy (non-hydrogen) atoms. The summed E-state index contributed by atoms with van der Waals surface area (Å²) in [4.78, 5) is 0. The summed E-state index contributed by atoms with van der Waals surface area (Å²) < 4.78 is 0. The predicted octanol–water partition coefficient (Wildman–Crippen LogP) is 2.18. The molecule has 0 heterocycles. The number of rotatable bonds is 0. The van der Waals surface area contributed by atoms with Crippen LogP contribution in [0.3, 0.4) is 0 Å². The van der Waals surface area contributed by atoms with Crippen LogP contribution in [0.2, 0.25) is 0 Å². The van der Waals surface area contributed by atoms with Crippen molar-refractivity contribution in [1.82, 2.24) is 0 Å². The van der Waals surface area contributed by atoms with Crippen LogP contribution >= 0.6 is 0 Å². The van der Waals surface area contributed by atoms with Gasteiger partial charge in [0.1, 0.15) is 6.10 Å². The van der Waals surface area contributed by atoms with E-state index in [0.717, 1.165) is 32.1 Å². The van der Waals surface area contributed by atoms with Crippen molar-refractivity contribution in [3.05, 3.63) is 0 Å². The first kappa shape index (κ1) is 19.8. The second-order valence-corrected chi connectivity index (χ2v) is 6.84. The monoisotopic (exact) mass is 318 g/mol. The van der Waals surface area contributed by atoms with Gasteiger partial charge in [-0.25, -0.2) is 0 Å². The van der Waals surface area contributed by atoms with Crippen LogP contribution < -0.4 is 0 Å². The van der Waals surface area contributed by atoms with Crippen molar-refractivity contribution in [1.29, 1.82) is 0 Å². The molecule has 5 heteroatoms. The van der Waals surface area contributed by atoms with E-state index < -0.39 is 17.7 Å². The van der Waals surface area contributed by atoms with E-state index in [0.29, 0.717) is 12.8 Å². The highest BCUT2D eigenvalue weighted by molar-refractivity contribution is 4.88. The number of hydrogen-bond donors (Lipinski definition) is 5. The lowest BCUT2D eigenvalue weighted by molar-refractivity contribution is -0.386. The molecule has 0 radical (unpaired) electrons. The SMILES string of the molecule is OC1CCCCCCCCCCCCCCC(O)(O)C1(O)O. The Labute approximate surface area is 134 Å². The van der Waals surface area contributed by atoms with Crippen molar-refractivity contribution in [2.75, 3.05) is 0 Å². The smallest absolute Gasteiger partial charge is 0.245 e. The van der Waals surface area contributed by atoms with Gasteiger partial charge in [-0.15, -0.1) is 0 Å². The fourth-order valence-corrected chi connectivity index (χ4v) is 3.13. The van der Waals surface area contributed by atoms with Crippen LogP contribution in [0.25, 0.3) is 0 Å². The first-order valence-corrected chi connectivity index (χ1v) is 8.95. The molecule has 1 unspecified atom stereocenters. The average Bonchev–Trinajstić information content (AvgIpc) is 2.46. The van der Waals surface area contributed by atoms with Gasteiger partial charge >= 0.3 is 0 Å². The number of aliphatic hydroxyl groups is 5. The third-order valence-electron chi connectivity index (χ3n) is 4.81. The summed E-state index contributed by atoms with van der Waals surface area (Å²) in [5.41, 5.74) is 0. The van der Waals surface area contributed by atoms with Crippen LogP contribution in [0.1, 0.15) is 89.9 Å². The number of hydrogen-bond acceptors (Lipinski definition) is 5. The minimum Gasteiger partial charge on any atom is -0.387 e. The Morgan fingerprint density at radius 3 is 1.36 bits per heavy atom. The molecule has 132 valence electrons. The van der Waals surface area contributed by atoms with Gasteiger partial charge in [0.05, 0.1) is 0 Å². The minimum atomic E-state index is -2.87. The summed E-state index contributed by atoms with van der Waals surface area (Å²) in [5, 5.41) is 49.6. The normalized spacial score (nSPS) is 29.6. The van der Waals surface area contributed by atoms with Crippen molar-refractivity contribution in [3.8, 4) is 0 Å². The van der Waals surface area contributed by atoms with Crippen LogP contribution in [-0.2, 0) is 0 Å². The van der Waals surface area contributed by atoms with Gasteiger partial charge in [0.15, 0.2) is 0 Å². The second kappa shape index (κ2) is 9.83. The minimum absolute atomic E-state index is 0.142. The third kappa shape index (κ3) is 6.50. The average molecular weight is 318 g/mol. The van der Waals surface area contributed by atoms with E-state index in [-0.39, 0.29) is 12.8 Å². The van der Waals surface area contributed by atoms with Crippen molar-refractivity contribution in [3.63, 3.8) is 0 Å². The molecule has 5 nitrogen and oxygen atoms in total. The molecule has 0 aromatic carbocycles. The van der Waals surface area contributed by atoms with Crippen LogP contribution in [0.5, 0.6) is 0 Å². The molecule has 0 bridgehead atoms. The molecule has 0 amide bonds. The van der Waals surface area contributed by atoms with Crippen molar-refractivity contribution < 1.29 is 25.5 Å². The zero-order chi connectivity index (χ0) is 16.5. The Bertz CT molecular complexity index is 291. The molecule has 5 N–H and O–H groups in total. The fourth-order valence-electron chi connectivity index (χ4n) is 3.13. The molecule has 1 saturated carbocycles. The van der Waals surface area contributed by atoms with Crippen molar-refractivity contribution in [2.45, 2.75) is 108 Å². The van der Waals surface area contributed by atoms with E-state index in [1.165, 1.54) is 32.1 Å². The van der Waals surface area contributed by atoms with E-state index in [2.05, 4.69) is 0 Å².